The third-order valence-electron chi connectivity index (χ3n) is 3.41. The third kappa shape index (κ3) is 3.98. The molecule has 0 amide bonds. The molecule has 0 radical (unpaired) electrons. The summed E-state index contributed by atoms with van der Waals surface area (Å²) in [6.45, 7) is 0.872. The van der Waals surface area contributed by atoms with E-state index < -0.39 is 12.0 Å². The van der Waals surface area contributed by atoms with Crippen molar-refractivity contribution in [2.45, 2.75) is 31.2 Å². The molecule has 0 aliphatic heterocycles. The van der Waals surface area contributed by atoms with Gasteiger partial charge in [-0.15, -0.1) is 0 Å². The summed E-state index contributed by atoms with van der Waals surface area (Å²) in [5.41, 5.74) is 10.2. The van der Waals surface area contributed by atoms with Crippen molar-refractivity contribution in [3.8, 4) is 0 Å². The minimum absolute atomic E-state index is 0.371. The van der Waals surface area contributed by atoms with Crippen molar-refractivity contribution in [1.82, 2.24) is 5.32 Å². The molecule has 1 unspecified atom stereocenters. The lowest BCUT2D eigenvalue weighted by molar-refractivity contribution is -0.139. The summed E-state index contributed by atoms with van der Waals surface area (Å²) < 4.78 is 0. The maximum atomic E-state index is 11.3. The van der Waals surface area contributed by atoms with Gasteiger partial charge in [0, 0.05) is 11.5 Å². The van der Waals surface area contributed by atoms with Gasteiger partial charge in [0.2, 0.25) is 0 Å². The molecule has 1 aliphatic carbocycles. The minimum Gasteiger partial charge on any atom is -0.480 e. The molecule has 1 fully saturated rings. The first-order chi connectivity index (χ1) is 9.72. The van der Waals surface area contributed by atoms with Crippen LogP contribution in [0.5, 0.6) is 0 Å². The molecule has 0 heterocycles. The van der Waals surface area contributed by atoms with Crippen LogP contribution in [-0.2, 0) is 4.79 Å². The first-order valence-corrected chi connectivity index (χ1v) is 6.79. The van der Waals surface area contributed by atoms with E-state index in [-0.39, 0.29) is 0 Å². The molecule has 1 atom stereocenters. The molecule has 106 valence electrons. The first kappa shape index (κ1) is 14.4. The zero-order valence-electron chi connectivity index (χ0n) is 11.2. The molecule has 0 saturated heterocycles. The van der Waals surface area contributed by atoms with Gasteiger partial charge in [-0.05, 0) is 48.4 Å². The SMILES string of the molecule is [N-]=[N+]=NCCCNC(C(=O)O)c1ccc(C2CC2)cc1. The van der Waals surface area contributed by atoms with Gasteiger partial charge in [-0.25, -0.2) is 0 Å². The van der Waals surface area contributed by atoms with Gasteiger partial charge in [-0.3, -0.25) is 4.79 Å². The second-order valence-electron chi connectivity index (χ2n) is 4.97. The molecule has 20 heavy (non-hydrogen) atoms. The Kier molecular flexibility index (Phi) is 4.98. The molecule has 1 aromatic carbocycles. The Bertz CT molecular complexity index is 504. The number of azide groups is 1. The van der Waals surface area contributed by atoms with Gasteiger partial charge >= 0.3 is 5.97 Å². The molecule has 0 aromatic heterocycles. The molecular formula is C14H18N4O2. The average Bonchev–Trinajstić information content (AvgIpc) is 3.27. The Morgan fingerprint density at radius 3 is 2.70 bits per heavy atom. The van der Waals surface area contributed by atoms with E-state index in [1.54, 1.807) is 0 Å². The number of hydrogen-bond donors (Lipinski definition) is 2. The summed E-state index contributed by atoms with van der Waals surface area (Å²) in [6, 6.07) is 7.09. The Morgan fingerprint density at radius 2 is 2.15 bits per heavy atom. The predicted octanol–water partition coefficient (Wildman–Crippen LogP) is 2.98. The van der Waals surface area contributed by atoms with E-state index in [9.17, 15) is 9.90 Å². The maximum Gasteiger partial charge on any atom is 0.325 e. The molecule has 1 aromatic rings. The highest BCUT2D eigenvalue weighted by molar-refractivity contribution is 5.75. The van der Waals surface area contributed by atoms with E-state index in [2.05, 4.69) is 15.3 Å². The van der Waals surface area contributed by atoms with Crippen LogP contribution in [0.15, 0.2) is 29.4 Å². The third-order valence-corrected chi connectivity index (χ3v) is 3.41. The van der Waals surface area contributed by atoms with E-state index >= 15 is 0 Å². The lowest BCUT2D eigenvalue weighted by Gasteiger charge is -2.15. The van der Waals surface area contributed by atoms with Crippen LogP contribution in [0.2, 0.25) is 0 Å². The monoisotopic (exact) mass is 274 g/mol. The largest absolute Gasteiger partial charge is 0.480 e. The molecule has 6 nitrogen and oxygen atoms in total. The summed E-state index contributed by atoms with van der Waals surface area (Å²) in [5, 5.41) is 15.7. The fourth-order valence-electron chi connectivity index (χ4n) is 2.17. The molecule has 6 heteroatoms. The Labute approximate surface area is 117 Å². The average molecular weight is 274 g/mol. The lowest BCUT2D eigenvalue weighted by Crippen LogP contribution is -2.29. The van der Waals surface area contributed by atoms with Crippen molar-refractivity contribution in [2.24, 2.45) is 5.11 Å². The molecule has 1 saturated carbocycles. The van der Waals surface area contributed by atoms with Crippen LogP contribution in [-0.4, -0.2) is 24.2 Å². The van der Waals surface area contributed by atoms with Crippen LogP contribution in [0.4, 0.5) is 0 Å². The maximum absolute atomic E-state index is 11.3. The molecular weight excluding hydrogens is 256 g/mol. The second kappa shape index (κ2) is 6.93. The summed E-state index contributed by atoms with van der Waals surface area (Å²) in [7, 11) is 0. The van der Waals surface area contributed by atoms with Crippen LogP contribution in [0.25, 0.3) is 10.4 Å². The van der Waals surface area contributed by atoms with E-state index in [4.69, 9.17) is 5.53 Å². The second-order valence-corrected chi connectivity index (χ2v) is 4.97. The van der Waals surface area contributed by atoms with Gasteiger partial charge in [0.05, 0.1) is 0 Å². The fraction of sp³-hybridized carbons (Fsp3) is 0.500. The summed E-state index contributed by atoms with van der Waals surface area (Å²) in [6.07, 6.45) is 3.09. The number of nitrogens with zero attached hydrogens (tertiary/aromatic N) is 3. The smallest absolute Gasteiger partial charge is 0.325 e. The number of nitrogens with one attached hydrogen (secondary N) is 1. The van der Waals surface area contributed by atoms with Gasteiger partial charge in [0.25, 0.3) is 0 Å². The molecule has 1 aliphatic rings. The van der Waals surface area contributed by atoms with Crippen LogP contribution in [0, 0.1) is 0 Å². The van der Waals surface area contributed by atoms with E-state index in [0.29, 0.717) is 25.4 Å². The zero-order valence-corrected chi connectivity index (χ0v) is 11.2. The highest BCUT2D eigenvalue weighted by Gasteiger charge is 2.24. The van der Waals surface area contributed by atoms with Crippen molar-refractivity contribution >= 4 is 5.97 Å². The Hall–Kier alpha value is -2.04. The van der Waals surface area contributed by atoms with Gasteiger partial charge < -0.3 is 10.4 Å². The molecule has 2 N–H and O–H groups in total. The summed E-state index contributed by atoms with van der Waals surface area (Å²) in [5.74, 6) is -0.225. The van der Waals surface area contributed by atoms with Crippen LogP contribution in [0.1, 0.15) is 42.3 Å². The number of carbonyl (C=O) groups is 1. The van der Waals surface area contributed by atoms with Gasteiger partial charge in [0.15, 0.2) is 0 Å². The van der Waals surface area contributed by atoms with Crippen molar-refractivity contribution in [3.05, 3.63) is 45.8 Å². The van der Waals surface area contributed by atoms with Crippen LogP contribution >= 0.6 is 0 Å². The first-order valence-electron chi connectivity index (χ1n) is 6.79. The van der Waals surface area contributed by atoms with Crippen molar-refractivity contribution < 1.29 is 9.90 Å². The summed E-state index contributed by atoms with van der Waals surface area (Å²) >= 11 is 0. The highest BCUT2D eigenvalue weighted by Crippen LogP contribution is 2.40. The number of hydrogen-bond acceptors (Lipinski definition) is 3. The number of carboxylic acid groups (broad SMARTS) is 1. The van der Waals surface area contributed by atoms with Crippen LogP contribution < -0.4 is 5.32 Å². The Morgan fingerprint density at radius 1 is 1.45 bits per heavy atom. The van der Waals surface area contributed by atoms with Crippen molar-refractivity contribution in [3.63, 3.8) is 0 Å². The molecule has 0 spiro atoms. The summed E-state index contributed by atoms with van der Waals surface area (Å²) in [4.78, 5) is 14.0. The highest BCUT2D eigenvalue weighted by atomic mass is 16.4. The minimum atomic E-state index is -0.895. The standard InChI is InChI=1S/C14H18N4O2/c15-18-17-9-1-8-16-13(14(19)20)12-6-4-11(5-7-12)10-2-3-10/h4-7,10,13,16H,1-3,8-9H2,(H,19,20). The topological polar surface area (TPSA) is 98.1 Å². The van der Waals surface area contributed by atoms with Gasteiger partial charge in [-0.2, -0.15) is 0 Å². The molecule has 0 bridgehead atoms. The van der Waals surface area contributed by atoms with Crippen molar-refractivity contribution in [1.29, 1.82) is 0 Å². The predicted molar refractivity (Wildman–Crippen MR) is 75.4 cm³/mol. The quantitative estimate of drug-likeness (QED) is 0.330. The van der Waals surface area contributed by atoms with E-state index in [0.717, 1.165) is 5.56 Å². The number of carboxylic acids is 1. The van der Waals surface area contributed by atoms with Crippen molar-refractivity contribution in [2.75, 3.05) is 13.1 Å². The van der Waals surface area contributed by atoms with Crippen LogP contribution in [0.3, 0.4) is 0 Å². The fourth-order valence-corrected chi connectivity index (χ4v) is 2.17. The lowest BCUT2D eigenvalue weighted by atomic mass is 10.0. The Balaban J connectivity index is 1.92. The van der Waals surface area contributed by atoms with E-state index in [1.165, 1.54) is 18.4 Å². The zero-order chi connectivity index (χ0) is 14.4. The van der Waals surface area contributed by atoms with E-state index in [1.807, 2.05) is 24.3 Å². The van der Waals surface area contributed by atoms with Gasteiger partial charge in [-0.1, -0.05) is 29.4 Å². The number of aliphatic carboxylic acids is 1. The molecule has 2 rings (SSSR count). The van der Waals surface area contributed by atoms with Gasteiger partial charge in [0.1, 0.15) is 6.04 Å². The normalized spacial score (nSPS) is 15.4. The number of benzene rings is 1. The number of rotatable bonds is 8.